The molecule has 0 unspecified atom stereocenters. The first-order valence-corrected chi connectivity index (χ1v) is 8.59. The number of nitrogens with one attached hydrogen (secondary N) is 2. The molecule has 2 rings (SSSR count). The number of rotatable bonds is 8. The molecule has 1 aromatic carbocycles. The minimum absolute atomic E-state index is 0.0522. The Morgan fingerprint density at radius 2 is 1.81 bits per heavy atom. The molecule has 144 valence electrons. The number of amides is 2. The van der Waals surface area contributed by atoms with Gasteiger partial charge in [-0.2, -0.15) is 0 Å². The summed E-state index contributed by atoms with van der Waals surface area (Å²) in [5, 5.41) is 8.88. The predicted molar refractivity (Wildman–Crippen MR) is 99.2 cm³/mol. The van der Waals surface area contributed by atoms with Gasteiger partial charge < -0.3 is 19.9 Å². The van der Waals surface area contributed by atoms with Crippen LogP contribution in [0.4, 0.5) is 11.5 Å². The Labute approximate surface area is 157 Å². The molecule has 2 amide bonds. The van der Waals surface area contributed by atoms with Crippen molar-refractivity contribution in [1.82, 2.24) is 5.16 Å². The molecule has 2 N–H and O–H groups in total. The Morgan fingerprint density at radius 3 is 2.52 bits per heavy atom. The van der Waals surface area contributed by atoms with E-state index < -0.39 is 18.5 Å². The fourth-order valence-electron chi connectivity index (χ4n) is 2.30. The fraction of sp³-hybridized carbons (Fsp3) is 0.368. The summed E-state index contributed by atoms with van der Waals surface area (Å²) in [4.78, 5) is 35.3. The maximum atomic E-state index is 12.0. The molecule has 0 saturated heterocycles. The third-order valence-electron chi connectivity index (χ3n) is 3.71. The highest BCUT2D eigenvalue weighted by Crippen LogP contribution is 2.17. The van der Waals surface area contributed by atoms with Crippen LogP contribution in [0.15, 0.2) is 28.8 Å². The number of aryl methyl sites for hydroxylation is 3. The van der Waals surface area contributed by atoms with E-state index in [9.17, 15) is 14.4 Å². The van der Waals surface area contributed by atoms with Gasteiger partial charge in [-0.05, 0) is 44.4 Å². The van der Waals surface area contributed by atoms with Gasteiger partial charge in [0.1, 0.15) is 5.76 Å². The lowest BCUT2D eigenvalue weighted by Gasteiger charge is -2.09. The number of esters is 1. The van der Waals surface area contributed by atoms with Gasteiger partial charge in [0, 0.05) is 24.6 Å². The Hall–Kier alpha value is -3.16. The zero-order valence-corrected chi connectivity index (χ0v) is 15.6. The van der Waals surface area contributed by atoms with E-state index in [0.29, 0.717) is 12.2 Å². The maximum Gasteiger partial charge on any atom is 0.306 e. The van der Waals surface area contributed by atoms with Crippen molar-refractivity contribution in [2.24, 2.45) is 0 Å². The summed E-state index contributed by atoms with van der Waals surface area (Å²) >= 11 is 0. The lowest BCUT2D eigenvalue weighted by molar-refractivity contribution is -0.147. The number of hydrogen-bond acceptors (Lipinski definition) is 6. The van der Waals surface area contributed by atoms with Crippen LogP contribution >= 0.6 is 0 Å². The first-order chi connectivity index (χ1) is 12.8. The number of ether oxygens (including phenoxy) is 1. The highest BCUT2D eigenvalue weighted by Gasteiger charge is 2.11. The Morgan fingerprint density at radius 1 is 1.04 bits per heavy atom. The van der Waals surface area contributed by atoms with E-state index in [1.54, 1.807) is 13.0 Å². The van der Waals surface area contributed by atoms with Crippen molar-refractivity contribution < 1.29 is 23.6 Å². The van der Waals surface area contributed by atoms with Crippen molar-refractivity contribution in [3.05, 3.63) is 41.2 Å². The number of carbonyl (C=O) groups is 3. The zero-order valence-electron chi connectivity index (χ0n) is 15.6. The van der Waals surface area contributed by atoms with Crippen molar-refractivity contribution in [1.29, 1.82) is 0 Å². The standard InChI is InChI=1S/C19H23N3O5/c1-12-7-8-13(2)15(9-12)20-17(23)5-4-6-19(25)26-11-18(24)21-16-10-14(3)27-22-16/h7-10H,4-6,11H2,1-3H3,(H,20,23)(H,21,22,24). The molecule has 0 atom stereocenters. The van der Waals surface area contributed by atoms with E-state index in [1.165, 1.54) is 0 Å². The Balaban J connectivity index is 1.64. The van der Waals surface area contributed by atoms with Gasteiger partial charge in [0.2, 0.25) is 5.91 Å². The Kier molecular flexibility index (Phi) is 7.10. The van der Waals surface area contributed by atoms with E-state index in [1.807, 2.05) is 32.0 Å². The molecule has 1 aromatic heterocycles. The second kappa shape index (κ2) is 9.51. The minimum atomic E-state index is -0.541. The molecule has 0 spiro atoms. The van der Waals surface area contributed by atoms with Crippen molar-refractivity contribution in [2.75, 3.05) is 17.2 Å². The van der Waals surface area contributed by atoms with Crippen LogP contribution in [0.25, 0.3) is 0 Å². The van der Waals surface area contributed by atoms with Gasteiger partial charge in [-0.1, -0.05) is 17.3 Å². The lowest BCUT2D eigenvalue weighted by atomic mass is 10.1. The zero-order chi connectivity index (χ0) is 19.8. The molecule has 0 saturated carbocycles. The largest absolute Gasteiger partial charge is 0.456 e. The van der Waals surface area contributed by atoms with Crippen LogP contribution in [0.3, 0.4) is 0 Å². The van der Waals surface area contributed by atoms with E-state index in [-0.39, 0.29) is 24.6 Å². The highest BCUT2D eigenvalue weighted by atomic mass is 16.5. The summed E-state index contributed by atoms with van der Waals surface area (Å²) in [7, 11) is 0. The minimum Gasteiger partial charge on any atom is -0.456 e. The van der Waals surface area contributed by atoms with Gasteiger partial charge in [-0.15, -0.1) is 0 Å². The number of hydrogen-bond donors (Lipinski definition) is 2. The number of benzene rings is 1. The number of nitrogens with zero attached hydrogens (tertiary/aromatic N) is 1. The third kappa shape index (κ3) is 6.93. The van der Waals surface area contributed by atoms with E-state index in [0.717, 1.165) is 16.8 Å². The van der Waals surface area contributed by atoms with Crippen LogP contribution in [-0.4, -0.2) is 29.5 Å². The second-order valence-corrected chi connectivity index (χ2v) is 6.25. The lowest BCUT2D eigenvalue weighted by Crippen LogP contribution is -2.21. The molecule has 2 aromatic rings. The van der Waals surface area contributed by atoms with Crippen LogP contribution in [0.2, 0.25) is 0 Å². The van der Waals surface area contributed by atoms with Gasteiger partial charge in [0.05, 0.1) is 0 Å². The summed E-state index contributed by atoms with van der Waals surface area (Å²) in [5.41, 5.74) is 2.79. The normalized spacial score (nSPS) is 10.3. The summed E-state index contributed by atoms with van der Waals surface area (Å²) in [6, 6.07) is 7.36. The molecule has 0 fully saturated rings. The average molecular weight is 373 g/mol. The summed E-state index contributed by atoms with van der Waals surface area (Å²) in [6.45, 7) is 5.14. The SMILES string of the molecule is Cc1ccc(C)c(NC(=O)CCCC(=O)OCC(=O)Nc2cc(C)on2)c1. The molecular weight excluding hydrogens is 350 g/mol. The number of anilines is 2. The van der Waals surface area contributed by atoms with E-state index in [2.05, 4.69) is 15.8 Å². The monoisotopic (exact) mass is 373 g/mol. The van der Waals surface area contributed by atoms with Crippen LogP contribution in [-0.2, 0) is 19.1 Å². The topological polar surface area (TPSA) is 111 Å². The fourth-order valence-corrected chi connectivity index (χ4v) is 2.30. The van der Waals surface area contributed by atoms with Crippen LogP contribution in [0, 0.1) is 20.8 Å². The summed E-state index contributed by atoms with van der Waals surface area (Å²) in [5.74, 6) is -0.404. The maximum absolute atomic E-state index is 12.0. The van der Waals surface area contributed by atoms with Gasteiger partial charge >= 0.3 is 5.97 Å². The second-order valence-electron chi connectivity index (χ2n) is 6.25. The highest BCUT2D eigenvalue weighted by molar-refractivity contribution is 5.92. The Bertz CT molecular complexity index is 829. The smallest absolute Gasteiger partial charge is 0.306 e. The van der Waals surface area contributed by atoms with Crippen molar-refractivity contribution >= 4 is 29.3 Å². The van der Waals surface area contributed by atoms with Gasteiger partial charge in [0.25, 0.3) is 5.91 Å². The molecule has 0 aliphatic carbocycles. The molecule has 27 heavy (non-hydrogen) atoms. The van der Waals surface area contributed by atoms with E-state index in [4.69, 9.17) is 9.26 Å². The predicted octanol–water partition coefficient (Wildman–Crippen LogP) is 2.89. The molecule has 1 heterocycles. The van der Waals surface area contributed by atoms with Crippen molar-refractivity contribution in [3.8, 4) is 0 Å². The summed E-state index contributed by atoms with van der Waals surface area (Å²) < 4.78 is 9.69. The molecule has 0 aliphatic heterocycles. The van der Waals surface area contributed by atoms with Crippen molar-refractivity contribution in [2.45, 2.75) is 40.0 Å². The molecule has 8 nitrogen and oxygen atoms in total. The number of aromatic nitrogens is 1. The molecule has 0 aliphatic rings. The van der Waals surface area contributed by atoms with Crippen LogP contribution in [0.5, 0.6) is 0 Å². The molecule has 0 bridgehead atoms. The first-order valence-electron chi connectivity index (χ1n) is 8.59. The van der Waals surface area contributed by atoms with E-state index >= 15 is 0 Å². The number of carbonyl (C=O) groups excluding carboxylic acids is 3. The van der Waals surface area contributed by atoms with Gasteiger partial charge in [-0.3, -0.25) is 14.4 Å². The van der Waals surface area contributed by atoms with Gasteiger partial charge in [0.15, 0.2) is 12.4 Å². The van der Waals surface area contributed by atoms with Crippen LogP contribution < -0.4 is 10.6 Å². The third-order valence-corrected chi connectivity index (χ3v) is 3.71. The average Bonchev–Trinajstić information content (AvgIpc) is 3.01. The summed E-state index contributed by atoms with van der Waals surface area (Å²) in [6.07, 6.45) is 0.573. The molecular formula is C19H23N3O5. The van der Waals surface area contributed by atoms with Crippen LogP contribution in [0.1, 0.15) is 36.1 Å². The molecule has 8 heteroatoms. The first kappa shape index (κ1) is 20.2. The van der Waals surface area contributed by atoms with Crippen molar-refractivity contribution in [3.63, 3.8) is 0 Å². The van der Waals surface area contributed by atoms with Gasteiger partial charge in [-0.25, -0.2) is 0 Å². The molecule has 0 radical (unpaired) electrons. The quantitative estimate of drug-likeness (QED) is 0.689.